The first-order chi connectivity index (χ1) is 12.0. The first-order valence-corrected chi connectivity index (χ1v) is 10.0. The van der Waals surface area contributed by atoms with Gasteiger partial charge >= 0.3 is 0 Å². The number of pyridine rings is 1. The van der Waals surface area contributed by atoms with Gasteiger partial charge in [-0.15, -0.1) is 6.58 Å². The quantitative estimate of drug-likeness (QED) is 0.239. The number of hydrogen-bond acceptors (Lipinski definition) is 3. The molecule has 0 saturated carbocycles. The van der Waals surface area contributed by atoms with Crippen LogP contribution in [0.3, 0.4) is 0 Å². The average molecular weight is 396 g/mol. The minimum absolute atomic E-state index is 0.0706. The summed E-state index contributed by atoms with van der Waals surface area (Å²) >= 11 is 12.2. The summed E-state index contributed by atoms with van der Waals surface area (Å²) in [5.41, 5.74) is 0.898. The minimum atomic E-state index is -1.30. The van der Waals surface area contributed by atoms with Crippen LogP contribution in [0.15, 0.2) is 53.9 Å². The molecule has 2 aromatic rings. The lowest BCUT2D eigenvalue weighted by Gasteiger charge is -2.11. The third kappa shape index (κ3) is 5.77. The molecule has 0 aliphatic carbocycles. The van der Waals surface area contributed by atoms with Crippen molar-refractivity contribution < 1.29 is 9.00 Å². The summed E-state index contributed by atoms with van der Waals surface area (Å²) < 4.78 is 12.6. The molecule has 0 radical (unpaired) electrons. The van der Waals surface area contributed by atoms with E-state index in [0.29, 0.717) is 22.4 Å². The van der Waals surface area contributed by atoms with E-state index in [9.17, 15) is 9.00 Å². The molecule has 0 amide bonds. The fourth-order valence-electron chi connectivity index (χ4n) is 2.43. The van der Waals surface area contributed by atoms with Crippen LogP contribution in [0.1, 0.15) is 41.6 Å². The van der Waals surface area contributed by atoms with Crippen LogP contribution in [0, 0.1) is 0 Å². The van der Waals surface area contributed by atoms with Gasteiger partial charge in [0.25, 0.3) is 0 Å². The molecule has 1 aromatic carbocycles. The van der Waals surface area contributed by atoms with E-state index < -0.39 is 10.8 Å². The van der Waals surface area contributed by atoms with Crippen molar-refractivity contribution >= 4 is 39.8 Å². The van der Waals surface area contributed by atoms with Crippen LogP contribution in [0.4, 0.5) is 0 Å². The zero-order valence-corrected chi connectivity index (χ0v) is 16.0. The lowest BCUT2D eigenvalue weighted by Crippen LogP contribution is -2.09. The summed E-state index contributed by atoms with van der Waals surface area (Å²) in [5, 5.41) is 0.259. The topological polar surface area (TPSA) is 47.0 Å². The van der Waals surface area contributed by atoms with E-state index in [4.69, 9.17) is 23.2 Å². The van der Waals surface area contributed by atoms with Crippen LogP contribution in [0.2, 0.25) is 10.3 Å². The Hall–Kier alpha value is -1.49. The fraction of sp³-hybridized carbons (Fsp3) is 0.263. The Labute approximate surface area is 160 Å². The molecule has 0 aliphatic rings. The minimum Gasteiger partial charge on any atom is -0.294 e. The first-order valence-electron chi connectivity index (χ1n) is 7.95. The number of halogens is 2. The molecule has 3 nitrogen and oxygen atoms in total. The number of carbonyl (C=O) groups is 1. The van der Waals surface area contributed by atoms with Gasteiger partial charge in [-0.1, -0.05) is 47.5 Å². The highest BCUT2D eigenvalue weighted by atomic mass is 35.5. The van der Waals surface area contributed by atoms with Gasteiger partial charge < -0.3 is 0 Å². The molecule has 0 aliphatic heterocycles. The van der Waals surface area contributed by atoms with Crippen molar-refractivity contribution in [2.24, 2.45) is 0 Å². The van der Waals surface area contributed by atoms with Crippen molar-refractivity contribution in [1.29, 1.82) is 0 Å². The number of hydrogen-bond donors (Lipinski definition) is 0. The summed E-state index contributed by atoms with van der Waals surface area (Å²) in [4.78, 5) is 17.3. The van der Waals surface area contributed by atoms with Crippen LogP contribution in [-0.4, -0.2) is 15.0 Å². The standard InChI is InChI=1S/C19H19Cl2NO2S/c1-2-3-4-8-11-16(23)18-14(12-17(20)22-19(18)21)13-25(24)15-9-6-5-7-10-15/h2,5-7,9-10,12H,1,3-4,8,11,13H2. The van der Waals surface area contributed by atoms with E-state index in [1.807, 2.05) is 24.3 Å². The number of carbonyl (C=O) groups excluding carboxylic acids is 1. The Morgan fingerprint density at radius 2 is 1.92 bits per heavy atom. The lowest BCUT2D eigenvalue weighted by atomic mass is 10.0. The smallest absolute Gasteiger partial charge is 0.166 e. The number of allylic oxidation sites excluding steroid dienone is 1. The predicted octanol–water partition coefficient (Wildman–Crippen LogP) is 5.63. The highest BCUT2D eigenvalue weighted by Crippen LogP contribution is 2.26. The molecule has 1 heterocycles. The maximum atomic E-state index is 12.6. The van der Waals surface area contributed by atoms with Crippen molar-refractivity contribution in [3.05, 3.63) is 70.5 Å². The second-order valence-electron chi connectivity index (χ2n) is 5.53. The number of unbranched alkanes of at least 4 members (excludes halogenated alkanes) is 2. The third-order valence-electron chi connectivity index (χ3n) is 3.66. The van der Waals surface area contributed by atoms with Gasteiger partial charge in [0.2, 0.25) is 0 Å². The second kappa shape index (κ2) is 9.85. The first kappa shape index (κ1) is 19.8. The summed E-state index contributed by atoms with van der Waals surface area (Å²) in [6, 6.07) is 10.7. The van der Waals surface area contributed by atoms with E-state index in [-0.39, 0.29) is 21.8 Å². The van der Waals surface area contributed by atoms with Crippen LogP contribution in [0.5, 0.6) is 0 Å². The molecule has 1 aromatic heterocycles. The summed E-state index contributed by atoms with van der Waals surface area (Å²) in [6.45, 7) is 3.67. The van der Waals surface area contributed by atoms with Crippen molar-refractivity contribution in [2.45, 2.75) is 36.3 Å². The molecule has 0 fully saturated rings. The van der Waals surface area contributed by atoms with Crippen LogP contribution >= 0.6 is 23.2 Å². The molecule has 0 bridgehead atoms. The van der Waals surface area contributed by atoms with Gasteiger partial charge in [-0.25, -0.2) is 4.98 Å². The molecule has 0 spiro atoms. The van der Waals surface area contributed by atoms with Gasteiger partial charge in [-0.2, -0.15) is 0 Å². The summed E-state index contributed by atoms with van der Waals surface area (Å²) in [7, 11) is -1.30. The molecule has 25 heavy (non-hydrogen) atoms. The average Bonchev–Trinajstić information content (AvgIpc) is 2.59. The number of rotatable bonds is 9. The van der Waals surface area contributed by atoms with E-state index in [1.54, 1.807) is 18.2 Å². The van der Waals surface area contributed by atoms with Crippen molar-refractivity contribution in [1.82, 2.24) is 4.98 Å². The molecule has 1 atom stereocenters. The van der Waals surface area contributed by atoms with Gasteiger partial charge in [0.1, 0.15) is 10.3 Å². The van der Waals surface area contributed by atoms with E-state index in [0.717, 1.165) is 19.3 Å². The number of aromatic nitrogens is 1. The zero-order chi connectivity index (χ0) is 18.2. The van der Waals surface area contributed by atoms with Crippen LogP contribution in [-0.2, 0) is 16.6 Å². The molecule has 132 valence electrons. The number of nitrogens with zero attached hydrogens (tertiary/aromatic N) is 1. The molecular formula is C19H19Cl2NO2S. The van der Waals surface area contributed by atoms with E-state index in [2.05, 4.69) is 11.6 Å². The van der Waals surface area contributed by atoms with Gasteiger partial charge in [0.15, 0.2) is 5.78 Å². The largest absolute Gasteiger partial charge is 0.294 e. The van der Waals surface area contributed by atoms with Crippen molar-refractivity contribution in [3.8, 4) is 0 Å². The fourth-order valence-corrected chi connectivity index (χ4v) is 4.15. The van der Waals surface area contributed by atoms with Crippen LogP contribution in [0.25, 0.3) is 0 Å². The number of ketones is 1. The monoisotopic (exact) mass is 395 g/mol. The Morgan fingerprint density at radius 1 is 1.20 bits per heavy atom. The molecule has 0 N–H and O–H groups in total. The van der Waals surface area contributed by atoms with Gasteiger partial charge in [-0.05, 0) is 43.0 Å². The Balaban J connectivity index is 2.23. The number of benzene rings is 1. The lowest BCUT2D eigenvalue weighted by molar-refractivity contribution is 0.0978. The van der Waals surface area contributed by atoms with E-state index >= 15 is 0 Å². The SMILES string of the molecule is C=CCCCCC(=O)c1c(CS(=O)c2ccccc2)cc(Cl)nc1Cl. The summed E-state index contributed by atoms with van der Waals surface area (Å²) in [5.74, 6) is 0.0676. The maximum Gasteiger partial charge on any atom is 0.166 e. The molecule has 0 saturated heterocycles. The summed E-state index contributed by atoms with van der Waals surface area (Å²) in [6.07, 6.45) is 4.69. The second-order valence-corrected chi connectivity index (χ2v) is 7.73. The van der Waals surface area contributed by atoms with Crippen LogP contribution < -0.4 is 0 Å². The normalized spacial score (nSPS) is 11.9. The Bertz CT molecular complexity index is 778. The molecular weight excluding hydrogens is 377 g/mol. The maximum absolute atomic E-state index is 12.6. The van der Waals surface area contributed by atoms with Gasteiger partial charge in [-0.3, -0.25) is 9.00 Å². The van der Waals surface area contributed by atoms with Crippen molar-refractivity contribution in [3.63, 3.8) is 0 Å². The highest BCUT2D eigenvalue weighted by molar-refractivity contribution is 7.84. The zero-order valence-electron chi connectivity index (χ0n) is 13.7. The van der Waals surface area contributed by atoms with Gasteiger partial charge in [0.05, 0.1) is 22.1 Å². The van der Waals surface area contributed by atoms with E-state index in [1.165, 1.54) is 0 Å². The predicted molar refractivity (Wildman–Crippen MR) is 104 cm³/mol. The van der Waals surface area contributed by atoms with Gasteiger partial charge in [0, 0.05) is 11.3 Å². The third-order valence-corrected chi connectivity index (χ3v) is 5.50. The number of Topliss-reactive ketones (excluding diaryl/α,β-unsaturated/α-hetero) is 1. The molecule has 6 heteroatoms. The van der Waals surface area contributed by atoms with Crippen molar-refractivity contribution in [2.75, 3.05) is 0 Å². The Morgan fingerprint density at radius 3 is 2.60 bits per heavy atom. The highest BCUT2D eigenvalue weighted by Gasteiger charge is 2.19. The molecule has 2 rings (SSSR count). The molecule has 1 unspecified atom stereocenters. The Kier molecular flexibility index (Phi) is 7.82.